The Labute approximate surface area is 341 Å². The molecule has 10 rings (SSSR count). The summed E-state index contributed by atoms with van der Waals surface area (Å²) >= 11 is 0. The molecule has 1 saturated carbocycles. The monoisotopic (exact) mass is 793 g/mol. The molecule has 5 aromatic rings. The predicted octanol–water partition coefficient (Wildman–Crippen LogP) is 5.40. The quantitative estimate of drug-likeness (QED) is 0.171. The number of anilines is 2. The number of pyridine rings is 1. The molecule has 3 aromatic heterocycles. The summed E-state index contributed by atoms with van der Waals surface area (Å²) in [5.74, 6) is -1.23. The van der Waals surface area contributed by atoms with Crippen LogP contribution < -0.4 is 15.5 Å². The van der Waals surface area contributed by atoms with Gasteiger partial charge in [-0.1, -0.05) is 5.21 Å². The van der Waals surface area contributed by atoms with Crippen molar-refractivity contribution in [3.05, 3.63) is 65.5 Å². The SMILES string of the molecule is CC(C)Nc1c(-c2cn(C3CCN(CC4CCC5(CC4)CN(c4ccc6c(c4)C(=O)N(C4CCC(=O)NC4=O)C6=O)C5)CC3)nn2)cnc2c1[nH]c1cc(C#N)ccc12. The molecule has 4 aliphatic heterocycles. The summed E-state index contributed by atoms with van der Waals surface area (Å²) in [6.07, 6.45) is 11.0. The van der Waals surface area contributed by atoms with Gasteiger partial charge >= 0.3 is 0 Å². The first kappa shape index (κ1) is 37.2. The van der Waals surface area contributed by atoms with Crippen LogP contribution >= 0.6 is 0 Å². The van der Waals surface area contributed by atoms with Gasteiger partial charge < -0.3 is 20.1 Å². The van der Waals surface area contributed by atoms with Crippen molar-refractivity contribution in [1.82, 2.24) is 40.1 Å². The second kappa shape index (κ2) is 14.3. The van der Waals surface area contributed by atoms with E-state index in [-0.39, 0.29) is 36.2 Å². The molecule has 5 aliphatic rings. The zero-order valence-corrected chi connectivity index (χ0v) is 33.3. The summed E-state index contributed by atoms with van der Waals surface area (Å²) in [4.78, 5) is 64.9. The van der Waals surface area contributed by atoms with Crippen molar-refractivity contribution in [3.63, 3.8) is 0 Å². The molecule has 1 atom stereocenters. The van der Waals surface area contributed by atoms with Crippen LogP contribution in [0.5, 0.6) is 0 Å². The molecule has 3 N–H and O–H groups in total. The number of piperidine rings is 2. The number of benzene rings is 2. The standard InChI is InChI=1S/C44H47N11O4/c1-25(2)47-39-33(20-46-38-31-5-3-27(19-45)17-34(31)48-40(38)39)35-22-54(51-50-35)28-11-15-52(16-12-28)21-26-9-13-44(14-10-26)23-53(24-44)29-4-6-30-32(18-29)43(59)55(42(30)58)36-7-8-37(56)49-41(36)57/h3-6,17-18,20,22,25-26,28,36,48H,7-16,21,23-24H2,1-2H3,(H,46,47)(H,49,56,57). The minimum atomic E-state index is -0.958. The smallest absolute Gasteiger partial charge is 0.262 e. The third kappa shape index (κ3) is 6.50. The molecule has 15 nitrogen and oxygen atoms in total. The van der Waals surface area contributed by atoms with Crippen LogP contribution in [0.25, 0.3) is 33.2 Å². The second-order valence-electron chi connectivity index (χ2n) is 17.7. The van der Waals surface area contributed by atoms with Crippen molar-refractivity contribution in [2.24, 2.45) is 11.3 Å². The Morgan fingerprint density at radius 3 is 2.47 bits per heavy atom. The number of rotatable bonds is 8. The number of fused-ring (bicyclic) bond motifs is 4. The van der Waals surface area contributed by atoms with E-state index in [1.165, 1.54) is 25.7 Å². The van der Waals surface area contributed by atoms with Crippen LogP contribution in [-0.2, 0) is 9.59 Å². The van der Waals surface area contributed by atoms with Crippen LogP contribution in [0.1, 0.15) is 97.5 Å². The molecular formula is C44H47N11O4. The van der Waals surface area contributed by atoms with E-state index in [1.807, 2.05) is 35.1 Å². The number of aromatic nitrogens is 5. The van der Waals surface area contributed by atoms with Gasteiger partial charge in [0.05, 0.1) is 51.7 Å². The summed E-state index contributed by atoms with van der Waals surface area (Å²) in [6, 6.07) is 12.8. The lowest BCUT2D eigenvalue weighted by Crippen LogP contribution is -2.58. The molecule has 1 spiro atoms. The maximum Gasteiger partial charge on any atom is 0.262 e. The van der Waals surface area contributed by atoms with Crippen molar-refractivity contribution in [2.75, 3.05) is 42.9 Å². The van der Waals surface area contributed by atoms with Gasteiger partial charge in [0.2, 0.25) is 11.8 Å². The summed E-state index contributed by atoms with van der Waals surface area (Å²) in [5.41, 5.74) is 7.70. The Hall–Kier alpha value is -6.14. The number of nitrogens with zero attached hydrogens (tertiary/aromatic N) is 8. The van der Waals surface area contributed by atoms with E-state index in [1.54, 1.807) is 12.1 Å². The molecule has 7 heterocycles. The van der Waals surface area contributed by atoms with Crippen LogP contribution in [0.3, 0.4) is 0 Å². The lowest BCUT2D eigenvalue weighted by Gasteiger charge is -2.55. The van der Waals surface area contributed by atoms with Crippen molar-refractivity contribution in [3.8, 4) is 17.3 Å². The number of hydrogen-bond donors (Lipinski definition) is 3. The van der Waals surface area contributed by atoms with Gasteiger partial charge in [0.15, 0.2) is 0 Å². The summed E-state index contributed by atoms with van der Waals surface area (Å²) in [5, 5.41) is 25.5. The van der Waals surface area contributed by atoms with Gasteiger partial charge in [-0.15, -0.1) is 5.10 Å². The third-order valence-electron chi connectivity index (χ3n) is 13.4. The molecule has 0 radical (unpaired) electrons. The van der Waals surface area contributed by atoms with Crippen LogP contribution in [0, 0.1) is 22.7 Å². The van der Waals surface area contributed by atoms with E-state index in [0.717, 1.165) is 95.0 Å². The zero-order chi connectivity index (χ0) is 40.6. The normalized spacial score (nSPS) is 21.4. The van der Waals surface area contributed by atoms with Crippen LogP contribution in [0.15, 0.2) is 48.8 Å². The van der Waals surface area contributed by atoms with Crippen LogP contribution in [0.2, 0.25) is 0 Å². The number of amides is 4. The fourth-order valence-electron chi connectivity index (χ4n) is 10.2. The molecule has 3 saturated heterocycles. The number of nitrogens with one attached hydrogen (secondary N) is 3. The summed E-state index contributed by atoms with van der Waals surface area (Å²) < 4.78 is 2.04. The minimum Gasteiger partial charge on any atom is -0.381 e. The van der Waals surface area contributed by atoms with E-state index >= 15 is 0 Å². The summed E-state index contributed by atoms with van der Waals surface area (Å²) in [7, 11) is 0. The Morgan fingerprint density at radius 1 is 0.949 bits per heavy atom. The Kier molecular flexibility index (Phi) is 9.00. The van der Waals surface area contributed by atoms with E-state index in [0.29, 0.717) is 22.6 Å². The maximum atomic E-state index is 13.4. The van der Waals surface area contributed by atoms with E-state index in [2.05, 4.69) is 61.8 Å². The van der Waals surface area contributed by atoms with Gasteiger partial charge in [-0.2, -0.15) is 5.26 Å². The Morgan fingerprint density at radius 2 is 1.73 bits per heavy atom. The topological polar surface area (TPSA) is 185 Å². The Balaban J connectivity index is 0.727. The van der Waals surface area contributed by atoms with Crippen molar-refractivity contribution < 1.29 is 19.2 Å². The second-order valence-corrected chi connectivity index (χ2v) is 17.7. The minimum absolute atomic E-state index is 0.103. The number of carbonyl (C=O) groups is 4. The average molecular weight is 794 g/mol. The lowest BCUT2D eigenvalue weighted by atomic mass is 9.65. The highest BCUT2D eigenvalue weighted by molar-refractivity contribution is 6.23. The highest BCUT2D eigenvalue weighted by Gasteiger charge is 2.48. The van der Waals surface area contributed by atoms with E-state index in [9.17, 15) is 24.4 Å². The average Bonchev–Trinajstić information content (AvgIpc) is 3.92. The third-order valence-corrected chi connectivity index (χ3v) is 13.4. The van der Waals surface area contributed by atoms with Crippen molar-refractivity contribution in [1.29, 1.82) is 5.26 Å². The largest absolute Gasteiger partial charge is 0.381 e. The molecule has 1 unspecified atom stereocenters. The van der Waals surface area contributed by atoms with Gasteiger partial charge in [-0.05, 0) is 101 Å². The fourth-order valence-corrected chi connectivity index (χ4v) is 10.2. The highest BCUT2D eigenvalue weighted by Crippen LogP contribution is 2.48. The molecule has 1 aliphatic carbocycles. The van der Waals surface area contributed by atoms with Crippen LogP contribution in [0.4, 0.5) is 11.4 Å². The Bertz CT molecular complexity index is 2580. The van der Waals surface area contributed by atoms with Gasteiger partial charge in [0, 0.05) is 79.0 Å². The van der Waals surface area contributed by atoms with E-state index < -0.39 is 23.8 Å². The fraction of sp³-hybridized carbons (Fsp3) is 0.455. The summed E-state index contributed by atoms with van der Waals surface area (Å²) in [6.45, 7) is 9.28. The lowest BCUT2D eigenvalue weighted by molar-refractivity contribution is -0.136. The molecule has 4 amide bonds. The number of likely N-dealkylation sites (tertiary alicyclic amines) is 1. The molecule has 4 fully saturated rings. The van der Waals surface area contributed by atoms with Gasteiger partial charge in [0.1, 0.15) is 11.7 Å². The van der Waals surface area contributed by atoms with Crippen LogP contribution in [-0.4, -0.2) is 103 Å². The molecular weight excluding hydrogens is 747 g/mol. The molecule has 0 bridgehead atoms. The first-order valence-corrected chi connectivity index (χ1v) is 20.9. The number of imide groups is 2. The van der Waals surface area contributed by atoms with Gasteiger partial charge in [0.25, 0.3) is 11.8 Å². The maximum absolute atomic E-state index is 13.4. The predicted molar refractivity (Wildman–Crippen MR) is 221 cm³/mol. The number of hydrogen-bond acceptors (Lipinski definition) is 11. The number of carbonyl (C=O) groups excluding carboxylic acids is 4. The van der Waals surface area contributed by atoms with E-state index in [4.69, 9.17) is 4.98 Å². The van der Waals surface area contributed by atoms with Gasteiger partial charge in [-0.25, -0.2) is 4.68 Å². The molecule has 2 aromatic carbocycles. The van der Waals surface area contributed by atoms with Crippen molar-refractivity contribution in [2.45, 2.75) is 83.3 Å². The highest BCUT2D eigenvalue weighted by atomic mass is 16.2. The molecule has 15 heteroatoms. The number of H-pyrrole nitrogens is 1. The van der Waals surface area contributed by atoms with Gasteiger partial charge in [-0.3, -0.25) is 34.4 Å². The first-order valence-electron chi connectivity index (χ1n) is 20.9. The van der Waals surface area contributed by atoms with Crippen molar-refractivity contribution >= 4 is 56.9 Å². The molecule has 59 heavy (non-hydrogen) atoms. The zero-order valence-electron chi connectivity index (χ0n) is 33.3. The number of nitriles is 1. The number of aromatic amines is 1. The first-order chi connectivity index (χ1) is 28.6. The molecule has 302 valence electrons.